The summed E-state index contributed by atoms with van der Waals surface area (Å²) in [4.78, 5) is 18.7. The van der Waals surface area contributed by atoms with Crippen LogP contribution in [-0.2, 0) is 13.6 Å². The third kappa shape index (κ3) is 11.1. The molecule has 0 aliphatic carbocycles. The highest BCUT2D eigenvalue weighted by Gasteiger charge is 2.28. The zero-order valence-corrected chi connectivity index (χ0v) is 22.1. The van der Waals surface area contributed by atoms with Crippen LogP contribution in [0.2, 0.25) is 0 Å². The van der Waals surface area contributed by atoms with Crippen LogP contribution in [0.3, 0.4) is 0 Å². The van der Waals surface area contributed by atoms with Gasteiger partial charge in [0.25, 0.3) is 5.56 Å². The maximum Gasteiger partial charge on any atom is 0.330 e. The fourth-order valence-electron chi connectivity index (χ4n) is 4.28. The third-order valence-corrected chi connectivity index (χ3v) is 8.37. The van der Waals surface area contributed by atoms with Crippen LogP contribution in [-0.4, -0.2) is 71.9 Å². The smallest absolute Gasteiger partial charge is 0.330 e. The number of fused-ring (bicyclic) bond motifs is 1. The molecule has 0 saturated carbocycles. The van der Waals surface area contributed by atoms with Gasteiger partial charge in [0.05, 0.1) is 38.0 Å². The summed E-state index contributed by atoms with van der Waals surface area (Å²) < 4.78 is 24.3. The van der Waals surface area contributed by atoms with Gasteiger partial charge in [0.15, 0.2) is 0 Å². The standard InChI is InChI=1S/C24H45N4O6P/c1-2-33-35(32,34-14-11-9-7-5-3-4-6-8-10-13-29)15-12-21(18-30)25-16-20-17-26-23-22(20)27-19-28-24(23)31/h19-21,25-26,29-30H,2-18H2,1H3,(H,27,28,31)/t20?,21-,35?/m0/s1. The van der Waals surface area contributed by atoms with Crippen LogP contribution in [0.1, 0.15) is 82.7 Å². The summed E-state index contributed by atoms with van der Waals surface area (Å²) in [6, 6.07) is -0.254. The predicted molar refractivity (Wildman–Crippen MR) is 138 cm³/mol. The summed E-state index contributed by atoms with van der Waals surface area (Å²) in [6.45, 7) is 3.87. The molecule has 1 aliphatic heterocycles. The molecule has 202 valence electrons. The Morgan fingerprint density at radius 3 is 2.46 bits per heavy atom. The molecule has 10 nitrogen and oxygen atoms in total. The lowest BCUT2D eigenvalue weighted by atomic mass is 10.1. The van der Waals surface area contributed by atoms with E-state index in [0.717, 1.165) is 37.8 Å². The van der Waals surface area contributed by atoms with Crippen LogP contribution >= 0.6 is 7.60 Å². The first kappa shape index (κ1) is 29.9. The Hall–Kier alpha value is -1.29. The van der Waals surface area contributed by atoms with Gasteiger partial charge < -0.3 is 34.9 Å². The first-order valence-corrected chi connectivity index (χ1v) is 14.9. The van der Waals surface area contributed by atoms with Gasteiger partial charge in [0, 0.05) is 31.7 Å². The largest absolute Gasteiger partial charge is 0.396 e. The summed E-state index contributed by atoms with van der Waals surface area (Å²) in [6.07, 6.45) is 11.9. The predicted octanol–water partition coefficient (Wildman–Crippen LogP) is 3.37. The molecule has 3 atom stereocenters. The molecule has 0 fully saturated rings. The highest BCUT2D eigenvalue weighted by Crippen LogP contribution is 2.49. The lowest BCUT2D eigenvalue weighted by Gasteiger charge is -2.22. The molecule has 0 aromatic carbocycles. The maximum absolute atomic E-state index is 13.1. The SMILES string of the molecule is CCOP(=O)(CC[C@@H](CO)NCC1CNc2c1nc[nH]c2=O)OCCCCCCCCCCCO. The van der Waals surface area contributed by atoms with Crippen LogP contribution in [0.15, 0.2) is 11.1 Å². The number of aliphatic hydroxyl groups is 2. The fraction of sp³-hybridized carbons (Fsp3) is 0.833. The Labute approximate surface area is 209 Å². The van der Waals surface area contributed by atoms with Crippen molar-refractivity contribution in [1.82, 2.24) is 15.3 Å². The Morgan fingerprint density at radius 1 is 1.11 bits per heavy atom. The summed E-state index contributed by atoms with van der Waals surface area (Å²) in [5.74, 6) is 0.0248. The van der Waals surface area contributed by atoms with Gasteiger partial charge in [-0.2, -0.15) is 0 Å². The molecule has 35 heavy (non-hydrogen) atoms. The molecule has 1 aromatic heterocycles. The lowest BCUT2D eigenvalue weighted by molar-refractivity contribution is 0.201. The van der Waals surface area contributed by atoms with E-state index in [0.29, 0.717) is 38.4 Å². The van der Waals surface area contributed by atoms with Crippen molar-refractivity contribution in [2.75, 3.05) is 51.0 Å². The number of aromatic nitrogens is 2. The Bertz CT molecular complexity index is 808. The van der Waals surface area contributed by atoms with Crippen molar-refractivity contribution in [2.45, 2.75) is 83.1 Å². The van der Waals surface area contributed by atoms with Crippen molar-refractivity contribution in [1.29, 1.82) is 0 Å². The molecule has 0 amide bonds. The van der Waals surface area contributed by atoms with Gasteiger partial charge in [-0.25, -0.2) is 4.98 Å². The first-order valence-electron chi connectivity index (χ1n) is 13.2. The van der Waals surface area contributed by atoms with Gasteiger partial charge in [0.1, 0.15) is 5.69 Å². The van der Waals surface area contributed by atoms with E-state index in [1.807, 2.05) is 0 Å². The van der Waals surface area contributed by atoms with E-state index in [2.05, 4.69) is 20.6 Å². The minimum Gasteiger partial charge on any atom is -0.396 e. The molecule has 0 spiro atoms. The molecule has 5 N–H and O–H groups in total. The van der Waals surface area contributed by atoms with Gasteiger partial charge in [-0.15, -0.1) is 0 Å². The summed E-state index contributed by atoms with van der Waals surface area (Å²) in [5, 5.41) is 25.0. The summed E-state index contributed by atoms with van der Waals surface area (Å²) in [5.41, 5.74) is 1.05. The molecule has 11 heteroatoms. The molecular weight excluding hydrogens is 471 g/mol. The molecule has 0 bridgehead atoms. The van der Waals surface area contributed by atoms with Crippen LogP contribution in [0.5, 0.6) is 0 Å². The molecule has 1 aromatic rings. The Kier molecular flexibility index (Phi) is 14.7. The second-order valence-electron chi connectivity index (χ2n) is 9.14. The lowest BCUT2D eigenvalue weighted by Crippen LogP contribution is -2.36. The van der Waals surface area contributed by atoms with Crippen molar-refractivity contribution in [3.8, 4) is 0 Å². The van der Waals surface area contributed by atoms with E-state index in [1.165, 1.54) is 32.0 Å². The van der Waals surface area contributed by atoms with Gasteiger partial charge in [-0.3, -0.25) is 9.36 Å². The zero-order valence-electron chi connectivity index (χ0n) is 21.2. The number of unbranched alkanes of at least 4 members (excludes halogenated alkanes) is 8. The summed E-state index contributed by atoms with van der Waals surface area (Å²) >= 11 is 0. The highest BCUT2D eigenvalue weighted by molar-refractivity contribution is 7.53. The molecule has 2 unspecified atom stereocenters. The molecule has 0 radical (unpaired) electrons. The molecule has 2 rings (SSSR count). The van der Waals surface area contributed by atoms with Crippen LogP contribution in [0.4, 0.5) is 5.69 Å². The van der Waals surface area contributed by atoms with E-state index in [4.69, 9.17) is 14.2 Å². The number of hydrogen-bond acceptors (Lipinski definition) is 9. The topological polar surface area (TPSA) is 146 Å². The number of nitrogens with one attached hydrogen (secondary N) is 3. The molecule has 0 saturated heterocycles. The van der Waals surface area contributed by atoms with Gasteiger partial charge >= 0.3 is 7.60 Å². The second-order valence-corrected chi connectivity index (χ2v) is 11.3. The third-order valence-electron chi connectivity index (χ3n) is 6.34. The van der Waals surface area contributed by atoms with Crippen LogP contribution < -0.4 is 16.2 Å². The van der Waals surface area contributed by atoms with Gasteiger partial charge in [0.2, 0.25) is 0 Å². The average molecular weight is 517 g/mol. The van der Waals surface area contributed by atoms with Crippen molar-refractivity contribution in [3.63, 3.8) is 0 Å². The number of H-pyrrole nitrogens is 1. The quantitative estimate of drug-likeness (QED) is 0.123. The van der Waals surface area contributed by atoms with E-state index in [1.54, 1.807) is 6.92 Å². The number of aromatic amines is 1. The van der Waals surface area contributed by atoms with Crippen LogP contribution in [0.25, 0.3) is 0 Å². The molecule has 2 heterocycles. The monoisotopic (exact) mass is 516 g/mol. The van der Waals surface area contributed by atoms with Gasteiger partial charge in [-0.05, 0) is 26.2 Å². The van der Waals surface area contributed by atoms with Crippen LogP contribution in [0, 0.1) is 0 Å². The van der Waals surface area contributed by atoms with E-state index < -0.39 is 7.60 Å². The summed E-state index contributed by atoms with van der Waals surface area (Å²) in [7, 11) is -3.21. The highest BCUT2D eigenvalue weighted by atomic mass is 31.2. The van der Waals surface area contributed by atoms with E-state index in [9.17, 15) is 14.5 Å². The van der Waals surface area contributed by atoms with E-state index >= 15 is 0 Å². The van der Waals surface area contributed by atoms with Crippen molar-refractivity contribution >= 4 is 13.3 Å². The van der Waals surface area contributed by atoms with Crippen molar-refractivity contribution in [3.05, 3.63) is 22.4 Å². The number of hydrogen-bond donors (Lipinski definition) is 5. The van der Waals surface area contributed by atoms with Crippen molar-refractivity contribution in [2.24, 2.45) is 0 Å². The Morgan fingerprint density at radius 2 is 1.80 bits per heavy atom. The number of rotatable bonds is 21. The zero-order chi connectivity index (χ0) is 25.4. The number of nitrogens with zero attached hydrogens (tertiary/aromatic N) is 1. The van der Waals surface area contributed by atoms with Crippen molar-refractivity contribution < 1.29 is 23.8 Å². The fourth-order valence-corrected chi connectivity index (χ4v) is 6.04. The van der Waals surface area contributed by atoms with Gasteiger partial charge in [-0.1, -0.05) is 44.9 Å². The average Bonchev–Trinajstić information content (AvgIpc) is 3.27. The Balaban J connectivity index is 1.65. The minimum absolute atomic E-state index is 0.0248. The minimum atomic E-state index is -3.21. The number of anilines is 1. The second kappa shape index (κ2) is 17.2. The first-order chi connectivity index (χ1) is 17.0. The molecule has 1 aliphatic rings. The molecular formula is C24H45N4O6P. The number of aliphatic hydroxyl groups excluding tert-OH is 2. The maximum atomic E-state index is 13.1. The normalized spacial score (nSPS) is 17.6. The van der Waals surface area contributed by atoms with E-state index in [-0.39, 0.29) is 36.9 Å².